The van der Waals surface area contributed by atoms with Gasteiger partial charge in [0, 0.05) is 6.20 Å². The smallest absolute Gasteiger partial charge is 0.264 e. The minimum Gasteiger partial charge on any atom is -0.341 e. The molecule has 0 atom stereocenters. The number of amides is 1. The van der Waals surface area contributed by atoms with E-state index in [1.165, 1.54) is 6.20 Å². The highest BCUT2D eigenvalue weighted by Gasteiger charge is 2.19. The SMILES string of the molecule is N=Cc1ncc(C(=O)NC(c2ccccc2)c2ccccc2)c(=O)[nH]1. The molecule has 0 radical (unpaired) electrons. The van der Waals surface area contributed by atoms with Crippen molar-refractivity contribution in [2.24, 2.45) is 0 Å². The number of hydrogen-bond donors (Lipinski definition) is 3. The van der Waals surface area contributed by atoms with Gasteiger partial charge in [-0.1, -0.05) is 60.7 Å². The molecule has 3 N–H and O–H groups in total. The highest BCUT2D eigenvalue weighted by atomic mass is 16.2. The maximum absolute atomic E-state index is 12.6. The topological polar surface area (TPSA) is 98.7 Å². The average Bonchev–Trinajstić information content (AvgIpc) is 2.67. The summed E-state index contributed by atoms with van der Waals surface area (Å²) in [7, 11) is 0. The van der Waals surface area contributed by atoms with E-state index in [9.17, 15) is 9.59 Å². The summed E-state index contributed by atoms with van der Waals surface area (Å²) in [6, 6.07) is 18.6. The Bertz CT molecular complexity index is 897. The molecular weight excluding hydrogens is 316 g/mol. The summed E-state index contributed by atoms with van der Waals surface area (Å²) in [4.78, 5) is 30.9. The van der Waals surface area contributed by atoms with Gasteiger partial charge in [-0.25, -0.2) is 4.98 Å². The maximum atomic E-state index is 12.6. The molecule has 0 saturated carbocycles. The molecular formula is C19H16N4O2. The van der Waals surface area contributed by atoms with Gasteiger partial charge in [0.25, 0.3) is 11.5 Å². The standard InChI is InChI=1S/C19H16N4O2/c20-11-16-21-12-15(18(24)22-16)19(25)23-17(13-7-3-1-4-8-13)14-9-5-2-6-10-14/h1-12,17,20H,(H,23,25)(H,21,22,24). The number of benzene rings is 2. The number of aromatic nitrogens is 2. The number of nitrogens with one attached hydrogen (secondary N) is 3. The van der Waals surface area contributed by atoms with Crippen molar-refractivity contribution in [3.8, 4) is 0 Å². The Kier molecular flexibility index (Phi) is 4.80. The summed E-state index contributed by atoms with van der Waals surface area (Å²) in [5.41, 5.74) is 1.14. The van der Waals surface area contributed by atoms with Crippen LogP contribution in [-0.2, 0) is 0 Å². The molecule has 0 aliphatic rings. The minimum absolute atomic E-state index is 0.0949. The van der Waals surface area contributed by atoms with E-state index in [2.05, 4.69) is 15.3 Å². The molecule has 1 amide bonds. The second kappa shape index (κ2) is 7.35. The first kappa shape index (κ1) is 16.3. The van der Waals surface area contributed by atoms with E-state index in [0.717, 1.165) is 17.3 Å². The van der Waals surface area contributed by atoms with Gasteiger partial charge in [-0.05, 0) is 11.1 Å². The van der Waals surface area contributed by atoms with Crippen LogP contribution < -0.4 is 10.9 Å². The van der Waals surface area contributed by atoms with E-state index in [1.54, 1.807) is 0 Å². The van der Waals surface area contributed by atoms with Crippen LogP contribution >= 0.6 is 0 Å². The second-order valence-corrected chi connectivity index (χ2v) is 5.38. The van der Waals surface area contributed by atoms with Crippen molar-refractivity contribution in [3.05, 3.63) is 99.7 Å². The highest BCUT2D eigenvalue weighted by molar-refractivity contribution is 5.94. The van der Waals surface area contributed by atoms with Crippen LogP contribution in [0.1, 0.15) is 33.4 Å². The number of aromatic amines is 1. The van der Waals surface area contributed by atoms with Crippen molar-refractivity contribution >= 4 is 12.1 Å². The minimum atomic E-state index is -0.578. The molecule has 0 aliphatic heterocycles. The van der Waals surface area contributed by atoms with Crippen molar-refractivity contribution in [2.45, 2.75) is 6.04 Å². The molecule has 2 aromatic carbocycles. The molecule has 124 valence electrons. The van der Waals surface area contributed by atoms with Gasteiger partial charge in [-0.2, -0.15) is 0 Å². The fourth-order valence-electron chi connectivity index (χ4n) is 2.50. The van der Waals surface area contributed by atoms with Crippen molar-refractivity contribution in [2.75, 3.05) is 0 Å². The monoisotopic (exact) mass is 332 g/mol. The molecule has 1 aromatic heterocycles. The first-order valence-corrected chi connectivity index (χ1v) is 7.69. The maximum Gasteiger partial charge on any atom is 0.264 e. The average molecular weight is 332 g/mol. The third kappa shape index (κ3) is 3.69. The predicted octanol–water partition coefficient (Wildman–Crippen LogP) is 2.29. The summed E-state index contributed by atoms with van der Waals surface area (Å²) in [5, 5.41) is 9.99. The van der Waals surface area contributed by atoms with Gasteiger partial charge >= 0.3 is 0 Å². The summed E-state index contributed by atoms with van der Waals surface area (Å²) in [6.07, 6.45) is 2.10. The van der Waals surface area contributed by atoms with Crippen molar-refractivity contribution < 1.29 is 4.79 Å². The van der Waals surface area contributed by atoms with Crippen LogP contribution in [0, 0.1) is 5.41 Å². The second-order valence-electron chi connectivity index (χ2n) is 5.38. The van der Waals surface area contributed by atoms with Crippen molar-refractivity contribution in [3.63, 3.8) is 0 Å². The van der Waals surface area contributed by atoms with Crippen LogP contribution in [0.5, 0.6) is 0 Å². The zero-order valence-electron chi connectivity index (χ0n) is 13.3. The van der Waals surface area contributed by atoms with Crippen LogP contribution in [0.25, 0.3) is 0 Å². The third-order valence-electron chi connectivity index (χ3n) is 3.74. The van der Waals surface area contributed by atoms with Crippen LogP contribution in [0.3, 0.4) is 0 Å². The Morgan fingerprint density at radius 2 is 1.60 bits per heavy atom. The molecule has 0 unspecified atom stereocenters. The molecule has 0 aliphatic carbocycles. The van der Waals surface area contributed by atoms with Gasteiger partial charge < -0.3 is 15.7 Å². The Labute approximate surface area is 144 Å². The summed E-state index contributed by atoms with van der Waals surface area (Å²) >= 11 is 0. The fourth-order valence-corrected chi connectivity index (χ4v) is 2.50. The van der Waals surface area contributed by atoms with E-state index >= 15 is 0 Å². The van der Waals surface area contributed by atoms with E-state index in [0.29, 0.717) is 0 Å². The molecule has 0 bridgehead atoms. The van der Waals surface area contributed by atoms with Crippen molar-refractivity contribution in [1.29, 1.82) is 5.41 Å². The highest BCUT2D eigenvalue weighted by Crippen LogP contribution is 2.21. The first-order valence-electron chi connectivity index (χ1n) is 7.69. The quantitative estimate of drug-likeness (QED) is 0.625. The molecule has 1 heterocycles. The number of H-pyrrole nitrogens is 1. The van der Waals surface area contributed by atoms with Gasteiger partial charge in [0.1, 0.15) is 5.56 Å². The van der Waals surface area contributed by atoms with E-state index in [4.69, 9.17) is 5.41 Å². The van der Waals surface area contributed by atoms with Gasteiger partial charge in [0.05, 0.1) is 12.3 Å². The fraction of sp³-hybridized carbons (Fsp3) is 0.0526. The zero-order valence-corrected chi connectivity index (χ0v) is 13.3. The molecule has 0 saturated heterocycles. The number of rotatable bonds is 5. The normalized spacial score (nSPS) is 10.4. The lowest BCUT2D eigenvalue weighted by Crippen LogP contribution is -2.34. The summed E-state index contributed by atoms with van der Waals surface area (Å²) < 4.78 is 0. The van der Waals surface area contributed by atoms with E-state index < -0.39 is 17.5 Å². The summed E-state index contributed by atoms with van der Waals surface area (Å²) in [6.45, 7) is 0. The predicted molar refractivity (Wildman–Crippen MR) is 94.9 cm³/mol. The molecule has 3 rings (SSSR count). The van der Waals surface area contributed by atoms with Crippen LogP contribution in [0.4, 0.5) is 0 Å². The zero-order chi connectivity index (χ0) is 17.6. The van der Waals surface area contributed by atoms with Crippen LogP contribution in [-0.4, -0.2) is 22.1 Å². The number of carbonyl (C=O) groups excluding carboxylic acids is 1. The van der Waals surface area contributed by atoms with Gasteiger partial charge in [0.2, 0.25) is 0 Å². The van der Waals surface area contributed by atoms with Crippen molar-refractivity contribution in [1.82, 2.24) is 15.3 Å². The molecule has 0 fully saturated rings. The van der Waals surface area contributed by atoms with Crippen LogP contribution in [0.15, 0.2) is 71.7 Å². The number of carbonyl (C=O) groups is 1. The number of nitrogens with zero attached hydrogens (tertiary/aromatic N) is 1. The Balaban J connectivity index is 1.94. The molecule has 25 heavy (non-hydrogen) atoms. The van der Waals surface area contributed by atoms with Gasteiger partial charge in [-0.3, -0.25) is 9.59 Å². The van der Waals surface area contributed by atoms with Crippen LogP contribution in [0.2, 0.25) is 0 Å². The largest absolute Gasteiger partial charge is 0.341 e. The summed E-state index contributed by atoms with van der Waals surface area (Å²) in [5.74, 6) is -0.424. The lowest BCUT2D eigenvalue weighted by atomic mass is 9.98. The Morgan fingerprint density at radius 3 is 2.08 bits per heavy atom. The molecule has 6 heteroatoms. The Morgan fingerprint density at radius 1 is 1.04 bits per heavy atom. The molecule has 3 aromatic rings. The lowest BCUT2D eigenvalue weighted by Gasteiger charge is -2.19. The first-order chi connectivity index (χ1) is 12.2. The lowest BCUT2D eigenvalue weighted by molar-refractivity contribution is 0.0941. The van der Waals surface area contributed by atoms with E-state index in [1.807, 2.05) is 60.7 Å². The third-order valence-corrected chi connectivity index (χ3v) is 3.74. The Hall–Kier alpha value is -3.54. The molecule has 6 nitrogen and oxygen atoms in total. The molecule has 0 spiro atoms. The van der Waals surface area contributed by atoms with Gasteiger partial charge in [-0.15, -0.1) is 0 Å². The number of hydrogen-bond acceptors (Lipinski definition) is 4. The van der Waals surface area contributed by atoms with E-state index in [-0.39, 0.29) is 11.4 Å². The van der Waals surface area contributed by atoms with Gasteiger partial charge in [0.15, 0.2) is 5.82 Å².